The highest BCUT2D eigenvalue weighted by molar-refractivity contribution is 7.99. The van der Waals surface area contributed by atoms with Gasteiger partial charge in [-0.15, -0.1) is 5.10 Å². The van der Waals surface area contributed by atoms with Gasteiger partial charge in [-0.1, -0.05) is 11.8 Å². The van der Waals surface area contributed by atoms with Crippen molar-refractivity contribution in [2.75, 3.05) is 7.11 Å². The van der Waals surface area contributed by atoms with E-state index < -0.39 is 0 Å². The average molecular weight is 313 g/mol. The highest BCUT2D eigenvalue weighted by atomic mass is 32.2. The van der Waals surface area contributed by atoms with E-state index in [1.807, 2.05) is 41.1 Å². The largest absolute Gasteiger partial charge is 0.497 e. The second kappa shape index (κ2) is 5.53. The van der Waals surface area contributed by atoms with Crippen LogP contribution in [0.1, 0.15) is 17.4 Å². The Balaban J connectivity index is 1.60. The molecule has 1 aromatic carbocycles. The van der Waals surface area contributed by atoms with Crippen molar-refractivity contribution < 1.29 is 9.15 Å². The minimum Gasteiger partial charge on any atom is -0.497 e. The Kier molecular flexibility index (Phi) is 3.38. The highest BCUT2D eigenvalue weighted by Crippen LogP contribution is 2.41. The minimum atomic E-state index is 0.315. The number of furan rings is 1. The van der Waals surface area contributed by atoms with Crippen LogP contribution in [0.2, 0.25) is 0 Å². The van der Waals surface area contributed by atoms with Crippen LogP contribution in [0, 0.1) is 0 Å². The molecule has 0 N–H and O–H groups in total. The maximum absolute atomic E-state index is 5.51. The molecule has 2 aromatic heterocycles. The molecule has 112 valence electrons. The summed E-state index contributed by atoms with van der Waals surface area (Å²) in [6, 6.07) is 11.8. The lowest BCUT2D eigenvalue weighted by Gasteiger charge is -2.19. The van der Waals surface area contributed by atoms with Crippen molar-refractivity contribution in [2.24, 2.45) is 0 Å². The Morgan fingerprint density at radius 2 is 2.14 bits per heavy atom. The van der Waals surface area contributed by atoms with E-state index in [9.17, 15) is 0 Å². The summed E-state index contributed by atoms with van der Waals surface area (Å²) in [5.74, 6) is 2.59. The molecule has 0 spiro atoms. The second-order valence-electron chi connectivity index (χ2n) is 5.08. The van der Waals surface area contributed by atoms with Gasteiger partial charge in [-0.25, -0.2) is 9.67 Å². The lowest BCUT2D eigenvalue weighted by molar-refractivity contribution is 0.415. The van der Waals surface area contributed by atoms with Crippen LogP contribution in [-0.4, -0.2) is 21.9 Å². The summed E-state index contributed by atoms with van der Waals surface area (Å²) in [4.78, 5) is 4.67. The third-order valence-corrected chi connectivity index (χ3v) is 4.96. The molecule has 0 aliphatic carbocycles. The van der Waals surface area contributed by atoms with Gasteiger partial charge in [-0.3, -0.25) is 0 Å². The lowest BCUT2D eigenvalue weighted by atomic mass is 10.2. The summed E-state index contributed by atoms with van der Waals surface area (Å²) in [6.45, 7) is 0.858. The van der Waals surface area contributed by atoms with E-state index in [4.69, 9.17) is 9.15 Å². The number of rotatable bonds is 3. The van der Waals surface area contributed by atoms with Gasteiger partial charge < -0.3 is 9.15 Å². The summed E-state index contributed by atoms with van der Waals surface area (Å²) in [5.41, 5.74) is 0.998. The first-order chi connectivity index (χ1) is 10.8. The van der Waals surface area contributed by atoms with Crippen LogP contribution in [0.3, 0.4) is 0 Å². The molecule has 6 heteroatoms. The number of methoxy groups -OCH3 is 1. The van der Waals surface area contributed by atoms with Gasteiger partial charge in [-0.2, -0.15) is 0 Å². The van der Waals surface area contributed by atoms with Crippen molar-refractivity contribution in [1.29, 1.82) is 0 Å². The maximum atomic E-state index is 5.51. The Hall–Kier alpha value is -2.21. The average Bonchev–Trinajstić information content (AvgIpc) is 3.23. The van der Waals surface area contributed by atoms with E-state index in [2.05, 4.69) is 10.1 Å². The first-order valence-corrected chi connectivity index (χ1v) is 8.01. The number of aryl methyl sites for hydroxylation is 1. The summed E-state index contributed by atoms with van der Waals surface area (Å²) < 4.78 is 12.7. The zero-order chi connectivity index (χ0) is 14.9. The van der Waals surface area contributed by atoms with Crippen molar-refractivity contribution in [2.45, 2.75) is 23.4 Å². The third-order valence-electron chi connectivity index (χ3n) is 3.70. The fourth-order valence-corrected chi connectivity index (χ4v) is 3.64. The van der Waals surface area contributed by atoms with Gasteiger partial charge in [0.25, 0.3) is 0 Å². The van der Waals surface area contributed by atoms with Gasteiger partial charge in [0.15, 0.2) is 11.0 Å². The topological polar surface area (TPSA) is 53.1 Å². The summed E-state index contributed by atoms with van der Waals surface area (Å²) in [5, 5.41) is 5.86. The molecular weight excluding hydrogens is 298 g/mol. The smallest absolute Gasteiger partial charge is 0.187 e. The predicted octanol–water partition coefficient (Wildman–Crippen LogP) is 3.78. The molecule has 4 rings (SSSR count). The molecule has 1 aliphatic rings. The number of aromatic nitrogens is 3. The normalized spacial score (nSPS) is 17.2. The van der Waals surface area contributed by atoms with Gasteiger partial charge >= 0.3 is 0 Å². The molecule has 0 bridgehead atoms. The highest BCUT2D eigenvalue weighted by Gasteiger charge is 2.25. The number of benzene rings is 1. The van der Waals surface area contributed by atoms with Crippen LogP contribution >= 0.6 is 11.8 Å². The van der Waals surface area contributed by atoms with E-state index in [1.165, 1.54) is 0 Å². The number of fused-ring (bicyclic) bond motifs is 1. The maximum Gasteiger partial charge on any atom is 0.187 e. The zero-order valence-electron chi connectivity index (χ0n) is 12.1. The number of hydrogen-bond donors (Lipinski definition) is 0. The molecule has 0 saturated carbocycles. The number of hydrogen-bond acceptors (Lipinski definition) is 5. The molecule has 1 aliphatic heterocycles. The molecule has 3 heterocycles. The van der Waals surface area contributed by atoms with E-state index >= 15 is 0 Å². The fraction of sp³-hybridized carbons (Fsp3) is 0.250. The van der Waals surface area contributed by atoms with Gasteiger partial charge in [0.2, 0.25) is 0 Å². The van der Waals surface area contributed by atoms with E-state index in [-0.39, 0.29) is 0 Å². The third kappa shape index (κ3) is 2.39. The van der Waals surface area contributed by atoms with Crippen LogP contribution in [0.5, 0.6) is 5.75 Å². The predicted molar refractivity (Wildman–Crippen MR) is 83.9 cm³/mol. The first-order valence-electron chi connectivity index (χ1n) is 7.13. The zero-order valence-corrected chi connectivity index (χ0v) is 12.9. The summed E-state index contributed by atoms with van der Waals surface area (Å²) in [6.07, 6.45) is 2.72. The van der Waals surface area contributed by atoms with Gasteiger partial charge in [0.05, 0.1) is 18.6 Å². The van der Waals surface area contributed by atoms with Crippen LogP contribution in [0.4, 0.5) is 0 Å². The monoisotopic (exact) mass is 313 g/mol. The molecular formula is C16H15N3O2S. The number of ether oxygens (including phenoxy) is 1. The Morgan fingerprint density at radius 1 is 1.27 bits per heavy atom. The standard InChI is InChI=1S/C16H15N3O2S/c1-20-12-6-4-11(5-7-12)15-17-16-19(18-15)9-8-14(22-16)13-3-2-10-21-13/h2-7,10,14H,8-9H2,1H3. The first kappa shape index (κ1) is 13.5. The molecule has 22 heavy (non-hydrogen) atoms. The van der Waals surface area contributed by atoms with Gasteiger partial charge in [0.1, 0.15) is 11.5 Å². The molecule has 0 amide bonds. The summed E-state index contributed by atoms with van der Waals surface area (Å²) in [7, 11) is 1.66. The number of nitrogens with zero attached hydrogens (tertiary/aromatic N) is 3. The van der Waals surface area contributed by atoms with Gasteiger partial charge in [0, 0.05) is 12.1 Å². The van der Waals surface area contributed by atoms with Crippen LogP contribution in [0.25, 0.3) is 11.4 Å². The van der Waals surface area contributed by atoms with E-state index in [0.29, 0.717) is 5.25 Å². The van der Waals surface area contributed by atoms with Crippen molar-refractivity contribution in [3.63, 3.8) is 0 Å². The van der Waals surface area contributed by atoms with Crippen molar-refractivity contribution in [1.82, 2.24) is 14.8 Å². The molecule has 3 aromatic rings. The number of thioether (sulfide) groups is 1. The van der Waals surface area contributed by atoms with Crippen molar-refractivity contribution in [3.8, 4) is 17.1 Å². The molecule has 1 unspecified atom stereocenters. The van der Waals surface area contributed by atoms with Crippen molar-refractivity contribution in [3.05, 3.63) is 48.4 Å². The van der Waals surface area contributed by atoms with Crippen LogP contribution in [0.15, 0.2) is 52.2 Å². The van der Waals surface area contributed by atoms with Crippen LogP contribution in [-0.2, 0) is 6.54 Å². The fourth-order valence-electron chi connectivity index (χ4n) is 2.52. The molecule has 0 radical (unpaired) electrons. The van der Waals surface area contributed by atoms with Gasteiger partial charge in [-0.05, 0) is 42.8 Å². The SMILES string of the molecule is COc1ccc(-c2nc3n(n2)CCC(c2ccco2)S3)cc1. The van der Waals surface area contributed by atoms with E-state index in [0.717, 1.165) is 41.0 Å². The van der Waals surface area contributed by atoms with Crippen molar-refractivity contribution >= 4 is 11.8 Å². The molecule has 5 nitrogen and oxygen atoms in total. The molecule has 0 saturated heterocycles. The molecule has 0 fully saturated rings. The Labute approximate surface area is 132 Å². The second-order valence-corrected chi connectivity index (χ2v) is 6.25. The quantitative estimate of drug-likeness (QED) is 0.736. The lowest BCUT2D eigenvalue weighted by Crippen LogP contribution is -2.11. The minimum absolute atomic E-state index is 0.315. The van der Waals surface area contributed by atoms with Crippen LogP contribution < -0.4 is 4.74 Å². The Bertz CT molecular complexity index is 765. The summed E-state index contributed by atoms with van der Waals surface area (Å²) >= 11 is 1.71. The molecule has 1 atom stereocenters. The Morgan fingerprint density at radius 3 is 2.86 bits per heavy atom. The van der Waals surface area contributed by atoms with E-state index in [1.54, 1.807) is 25.1 Å².